The van der Waals surface area contributed by atoms with Crippen LogP contribution in [0.5, 0.6) is 0 Å². The first-order valence-corrected chi connectivity index (χ1v) is 9.84. The molecule has 1 amide bonds. The quantitative estimate of drug-likeness (QED) is 0.838. The van der Waals surface area contributed by atoms with Gasteiger partial charge in [0.05, 0.1) is 11.2 Å². The monoisotopic (exact) mass is 399 g/mol. The summed E-state index contributed by atoms with van der Waals surface area (Å²) in [4.78, 5) is 13.8. The fourth-order valence-corrected chi connectivity index (χ4v) is 6.04. The van der Waals surface area contributed by atoms with E-state index in [1.165, 1.54) is 22.6 Å². The van der Waals surface area contributed by atoms with Gasteiger partial charge >= 0.3 is 0 Å². The summed E-state index contributed by atoms with van der Waals surface area (Å²) in [6.45, 7) is 0.501. The highest BCUT2D eigenvalue weighted by Gasteiger charge is 2.48. The van der Waals surface area contributed by atoms with Crippen molar-refractivity contribution < 1.29 is 17.6 Å². The molecule has 0 aliphatic carbocycles. The number of likely N-dealkylation sites (tertiary alicyclic amines) is 1. The topological polar surface area (TPSA) is 99.3 Å². The van der Waals surface area contributed by atoms with Crippen molar-refractivity contribution in [2.75, 3.05) is 13.1 Å². The van der Waals surface area contributed by atoms with Crippen LogP contribution in [0.2, 0.25) is 5.02 Å². The van der Waals surface area contributed by atoms with Gasteiger partial charge in [0.25, 0.3) is 5.91 Å². The van der Waals surface area contributed by atoms with Gasteiger partial charge in [-0.3, -0.25) is 9.89 Å². The molecular formula is C15H15ClFN5O3S. The number of carbonyl (C=O) groups is 1. The van der Waals surface area contributed by atoms with E-state index in [2.05, 4.69) is 15.4 Å². The van der Waals surface area contributed by atoms with Crippen LogP contribution in [-0.4, -0.2) is 64.1 Å². The third-order valence-corrected chi connectivity index (χ3v) is 7.36. The lowest BCUT2D eigenvalue weighted by molar-refractivity contribution is 0.0609. The molecule has 4 rings (SSSR count). The van der Waals surface area contributed by atoms with Crippen LogP contribution >= 0.6 is 11.6 Å². The Labute approximate surface area is 154 Å². The molecule has 26 heavy (non-hydrogen) atoms. The number of amides is 1. The van der Waals surface area contributed by atoms with E-state index in [0.717, 1.165) is 6.07 Å². The molecule has 2 fully saturated rings. The predicted molar refractivity (Wildman–Crippen MR) is 89.5 cm³/mol. The molecule has 138 valence electrons. The summed E-state index contributed by atoms with van der Waals surface area (Å²) in [6, 6.07) is 2.98. The molecule has 2 bridgehead atoms. The number of sulfonamides is 1. The van der Waals surface area contributed by atoms with Gasteiger partial charge < -0.3 is 4.90 Å². The van der Waals surface area contributed by atoms with Gasteiger partial charge in [0.15, 0.2) is 0 Å². The van der Waals surface area contributed by atoms with Gasteiger partial charge in [0, 0.05) is 25.2 Å². The van der Waals surface area contributed by atoms with E-state index in [1.807, 2.05) is 0 Å². The number of fused-ring (bicyclic) bond motifs is 2. The van der Waals surface area contributed by atoms with Crippen LogP contribution in [0.4, 0.5) is 4.39 Å². The molecule has 0 saturated carbocycles. The molecule has 2 aliphatic rings. The van der Waals surface area contributed by atoms with Crippen LogP contribution in [0.25, 0.3) is 0 Å². The van der Waals surface area contributed by atoms with E-state index in [9.17, 15) is 17.6 Å². The minimum atomic E-state index is -3.96. The Morgan fingerprint density at radius 2 is 1.96 bits per heavy atom. The van der Waals surface area contributed by atoms with Crippen LogP contribution in [0.15, 0.2) is 29.3 Å². The Kier molecular flexibility index (Phi) is 4.20. The first kappa shape index (κ1) is 17.4. The Hall–Kier alpha value is -2.04. The smallest absolute Gasteiger partial charge is 0.273 e. The zero-order chi connectivity index (χ0) is 18.5. The van der Waals surface area contributed by atoms with Gasteiger partial charge in [-0.1, -0.05) is 22.9 Å². The normalized spacial score (nSPS) is 23.4. The highest BCUT2D eigenvalue weighted by atomic mass is 35.5. The summed E-state index contributed by atoms with van der Waals surface area (Å²) in [5, 5.41) is 9.23. The summed E-state index contributed by atoms with van der Waals surface area (Å²) in [7, 11) is -3.96. The number of rotatable bonds is 3. The molecule has 3 heterocycles. The molecule has 1 aromatic carbocycles. The largest absolute Gasteiger partial charge is 0.334 e. The molecule has 2 saturated heterocycles. The van der Waals surface area contributed by atoms with E-state index in [1.54, 1.807) is 4.90 Å². The summed E-state index contributed by atoms with van der Waals surface area (Å²) < 4.78 is 41.2. The van der Waals surface area contributed by atoms with Crippen molar-refractivity contribution >= 4 is 27.5 Å². The van der Waals surface area contributed by atoms with Crippen molar-refractivity contribution in [1.82, 2.24) is 24.6 Å². The number of aromatic nitrogens is 3. The average molecular weight is 400 g/mol. The molecular weight excluding hydrogens is 385 g/mol. The number of hydrogen-bond acceptors (Lipinski definition) is 5. The molecule has 1 N–H and O–H groups in total. The van der Waals surface area contributed by atoms with Gasteiger partial charge in [-0.25, -0.2) is 12.8 Å². The number of piperazine rings is 1. The van der Waals surface area contributed by atoms with Crippen molar-refractivity contribution in [3.63, 3.8) is 0 Å². The van der Waals surface area contributed by atoms with Crippen LogP contribution in [0, 0.1) is 5.82 Å². The van der Waals surface area contributed by atoms with E-state index < -0.39 is 20.9 Å². The lowest BCUT2D eigenvalue weighted by Gasteiger charge is -2.39. The maximum absolute atomic E-state index is 13.7. The second kappa shape index (κ2) is 6.29. The SMILES string of the molecule is O=C(c1cnn[nH]1)N1CC2CCC(C1)N2S(=O)(=O)c1cccc(F)c1Cl. The lowest BCUT2D eigenvalue weighted by atomic mass is 10.2. The zero-order valence-corrected chi connectivity index (χ0v) is 15.0. The van der Waals surface area contributed by atoms with Gasteiger partial charge in [0.1, 0.15) is 16.4 Å². The van der Waals surface area contributed by atoms with Gasteiger partial charge in [-0.2, -0.15) is 4.31 Å². The maximum atomic E-state index is 13.7. The van der Waals surface area contributed by atoms with E-state index in [-0.39, 0.29) is 41.7 Å². The molecule has 1 aromatic heterocycles. The summed E-state index contributed by atoms with van der Waals surface area (Å²) >= 11 is 5.90. The van der Waals surface area contributed by atoms with Crippen LogP contribution in [0.3, 0.4) is 0 Å². The lowest BCUT2D eigenvalue weighted by Crippen LogP contribution is -2.57. The molecule has 0 spiro atoms. The first-order chi connectivity index (χ1) is 12.4. The molecule has 2 aromatic rings. The highest BCUT2D eigenvalue weighted by molar-refractivity contribution is 7.89. The van der Waals surface area contributed by atoms with Crippen molar-refractivity contribution in [1.29, 1.82) is 0 Å². The van der Waals surface area contributed by atoms with Gasteiger partial charge in [-0.05, 0) is 25.0 Å². The second-order valence-corrected chi connectivity index (χ2v) is 8.54. The van der Waals surface area contributed by atoms with Crippen molar-refractivity contribution in [2.24, 2.45) is 0 Å². The van der Waals surface area contributed by atoms with E-state index in [0.29, 0.717) is 12.8 Å². The minimum absolute atomic E-state index is 0.242. The summed E-state index contributed by atoms with van der Waals surface area (Å²) in [5.74, 6) is -1.05. The molecule has 0 radical (unpaired) electrons. The molecule has 11 heteroatoms. The molecule has 8 nitrogen and oxygen atoms in total. The predicted octanol–water partition coefficient (Wildman–Crippen LogP) is 1.27. The Morgan fingerprint density at radius 1 is 1.27 bits per heavy atom. The van der Waals surface area contributed by atoms with Crippen molar-refractivity contribution in [3.05, 3.63) is 40.9 Å². The number of halogens is 2. The first-order valence-electron chi connectivity index (χ1n) is 8.02. The Balaban J connectivity index is 1.62. The van der Waals surface area contributed by atoms with Crippen LogP contribution in [-0.2, 0) is 10.0 Å². The molecule has 2 unspecified atom stereocenters. The standard InChI is InChI=1S/C15H15ClFN5O3S/c16-14-11(17)2-1-3-13(14)26(24,25)22-9-4-5-10(22)8-21(7-9)15(23)12-6-18-20-19-12/h1-3,6,9-10H,4-5,7-8H2,(H,18,19,20). The minimum Gasteiger partial charge on any atom is -0.334 e. The third-order valence-electron chi connectivity index (χ3n) is 4.82. The number of nitrogens with one attached hydrogen (secondary N) is 1. The van der Waals surface area contributed by atoms with Crippen LogP contribution < -0.4 is 0 Å². The number of carbonyl (C=O) groups excluding carboxylic acids is 1. The van der Waals surface area contributed by atoms with Gasteiger partial charge in [0.2, 0.25) is 10.0 Å². The third kappa shape index (κ3) is 2.68. The maximum Gasteiger partial charge on any atom is 0.273 e. The number of H-pyrrole nitrogens is 1. The van der Waals surface area contributed by atoms with Crippen LogP contribution in [0.1, 0.15) is 23.3 Å². The van der Waals surface area contributed by atoms with Crippen molar-refractivity contribution in [3.8, 4) is 0 Å². The Bertz CT molecular complexity index is 938. The van der Waals surface area contributed by atoms with E-state index in [4.69, 9.17) is 11.6 Å². The summed E-state index contributed by atoms with van der Waals surface area (Å²) in [6.07, 6.45) is 2.59. The fraction of sp³-hybridized carbons (Fsp3) is 0.400. The second-order valence-electron chi connectivity index (χ2n) is 6.35. The highest BCUT2D eigenvalue weighted by Crippen LogP contribution is 2.37. The van der Waals surface area contributed by atoms with E-state index >= 15 is 0 Å². The van der Waals surface area contributed by atoms with Crippen molar-refractivity contribution in [2.45, 2.75) is 29.8 Å². The Morgan fingerprint density at radius 3 is 2.58 bits per heavy atom. The number of nitrogens with zero attached hydrogens (tertiary/aromatic N) is 4. The molecule has 2 atom stereocenters. The van der Waals surface area contributed by atoms with Gasteiger partial charge in [-0.15, -0.1) is 5.10 Å². The summed E-state index contributed by atoms with van der Waals surface area (Å²) in [5.41, 5.74) is 0.258. The number of benzene rings is 1. The zero-order valence-electron chi connectivity index (χ0n) is 13.5. The molecule has 2 aliphatic heterocycles. The number of hydrogen-bond donors (Lipinski definition) is 1. The number of aromatic amines is 1. The average Bonchev–Trinajstić information content (AvgIpc) is 3.23. The fourth-order valence-electron chi connectivity index (χ4n) is 3.69.